The van der Waals surface area contributed by atoms with Gasteiger partial charge in [0.15, 0.2) is 5.82 Å². The highest BCUT2D eigenvalue weighted by molar-refractivity contribution is 7.12. The zero-order chi connectivity index (χ0) is 11.0. The predicted molar refractivity (Wildman–Crippen MR) is 63.8 cm³/mol. The van der Waals surface area contributed by atoms with Crippen molar-refractivity contribution in [1.29, 1.82) is 0 Å². The second kappa shape index (κ2) is 3.57. The highest BCUT2D eigenvalue weighted by Gasteiger charge is 2.14. The van der Waals surface area contributed by atoms with Crippen LogP contribution in [0.25, 0.3) is 11.0 Å². The summed E-state index contributed by atoms with van der Waals surface area (Å²) in [7, 11) is 0. The maximum absolute atomic E-state index is 12.0. The first kappa shape index (κ1) is 9.30. The molecule has 0 aliphatic carbocycles. The summed E-state index contributed by atoms with van der Waals surface area (Å²) >= 11 is 1.43. The molecule has 0 bridgehead atoms. The summed E-state index contributed by atoms with van der Waals surface area (Å²) in [6.45, 7) is 0. The Morgan fingerprint density at radius 1 is 1.19 bits per heavy atom. The van der Waals surface area contributed by atoms with Gasteiger partial charge >= 0.3 is 0 Å². The van der Waals surface area contributed by atoms with Gasteiger partial charge in [-0.3, -0.25) is 4.79 Å². The minimum Gasteiger partial charge on any atom is -0.335 e. The Kier molecular flexibility index (Phi) is 2.08. The number of hydrogen-bond donors (Lipinski definition) is 1. The van der Waals surface area contributed by atoms with E-state index in [1.807, 2.05) is 35.7 Å². The molecule has 3 rings (SSSR count). The molecule has 0 aliphatic heterocycles. The Morgan fingerprint density at radius 2 is 2.06 bits per heavy atom. The highest BCUT2D eigenvalue weighted by atomic mass is 32.1. The van der Waals surface area contributed by atoms with Gasteiger partial charge in [-0.05, 0) is 23.6 Å². The van der Waals surface area contributed by atoms with Crippen molar-refractivity contribution < 1.29 is 4.79 Å². The Labute approximate surface area is 95.8 Å². The zero-order valence-corrected chi connectivity index (χ0v) is 9.12. The van der Waals surface area contributed by atoms with Crippen LogP contribution in [0.5, 0.6) is 0 Å². The molecule has 3 aromatic rings. The van der Waals surface area contributed by atoms with Gasteiger partial charge < -0.3 is 4.98 Å². The van der Waals surface area contributed by atoms with Crippen molar-refractivity contribution in [3.05, 3.63) is 52.5 Å². The quantitative estimate of drug-likeness (QED) is 0.685. The van der Waals surface area contributed by atoms with E-state index in [1.165, 1.54) is 11.3 Å². The summed E-state index contributed by atoms with van der Waals surface area (Å²) in [6.07, 6.45) is 0. The fraction of sp³-hybridized carbons (Fsp3) is 0. The Hall–Kier alpha value is -1.94. The van der Waals surface area contributed by atoms with Crippen LogP contribution in [-0.2, 0) is 0 Å². The van der Waals surface area contributed by atoms with Crippen LogP contribution in [0.1, 0.15) is 15.5 Å². The molecule has 2 heterocycles. The second-order valence-corrected chi connectivity index (χ2v) is 4.36. The van der Waals surface area contributed by atoms with Gasteiger partial charge in [0.1, 0.15) is 0 Å². The molecule has 0 unspecified atom stereocenters. The van der Waals surface area contributed by atoms with Crippen LogP contribution in [0.15, 0.2) is 41.8 Å². The zero-order valence-electron chi connectivity index (χ0n) is 8.31. The Morgan fingerprint density at radius 3 is 2.81 bits per heavy atom. The van der Waals surface area contributed by atoms with Gasteiger partial charge in [0.2, 0.25) is 5.78 Å². The first-order chi connectivity index (χ1) is 7.84. The van der Waals surface area contributed by atoms with E-state index in [0.29, 0.717) is 10.7 Å². The minimum atomic E-state index is -0.0498. The van der Waals surface area contributed by atoms with Gasteiger partial charge in [0.25, 0.3) is 0 Å². The number of para-hydroxylation sites is 2. The number of imidazole rings is 1. The lowest BCUT2D eigenvalue weighted by molar-refractivity contribution is 0.103. The molecule has 0 aliphatic rings. The number of carbonyl (C=O) groups excluding carboxylic acids is 1. The van der Waals surface area contributed by atoms with E-state index in [-0.39, 0.29) is 5.78 Å². The third-order valence-electron chi connectivity index (χ3n) is 2.35. The number of rotatable bonds is 2. The molecule has 1 aromatic carbocycles. The van der Waals surface area contributed by atoms with Crippen LogP contribution < -0.4 is 0 Å². The van der Waals surface area contributed by atoms with Crippen molar-refractivity contribution >= 4 is 28.2 Å². The average molecular weight is 228 g/mol. The molecule has 78 valence electrons. The summed E-state index contributed by atoms with van der Waals surface area (Å²) in [5.74, 6) is 0.356. The normalized spacial score (nSPS) is 10.8. The van der Waals surface area contributed by atoms with Gasteiger partial charge in [-0.2, -0.15) is 0 Å². The lowest BCUT2D eigenvalue weighted by Gasteiger charge is -1.90. The molecule has 0 saturated heterocycles. The van der Waals surface area contributed by atoms with E-state index in [4.69, 9.17) is 0 Å². The van der Waals surface area contributed by atoms with E-state index in [2.05, 4.69) is 9.97 Å². The molecule has 0 spiro atoms. The molecular weight excluding hydrogens is 220 g/mol. The van der Waals surface area contributed by atoms with Gasteiger partial charge in [-0.1, -0.05) is 18.2 Å². The topological polar surface area (TPSA) is 45.8 Å². The van der Waals surface area contributed by atoms with Crippen molar-refractivity contribution in [3.8, 4) is 0 Å². The van der Waals surface area contributed by atoms with Crippen molar-refractivity contribution in [2.24, 2.45) is 0 Å². The fourth-order valence-electron chi connectivity index (χ4n) is 1.58. The molecule has 0 radical (unpaired) electrons. The fourth-order valence-corrected chi connectivity index (χ4v) is 2.25. The number of fused-ring (bicyclic) bond motifs is 1. The van der Waals surface area contributed by atoms with Crippen molar-refractivity contribution in [2.45, 2.75) is 0 Å². The summed E-state index contributed by atoms with van der Waals surface area (Å²) in [5.41, 5.74) is 1.71. The van der Waals surface area contributed by atoms with E-state index in [9.17, 15) is 4.79 Å². The van der Waals surface area contributed by atoms with E-state index in [1.54, 1.807) is 6.07 Å². The van der Waals surface area contributed by atoms with E-state index in [0.717, 1.165) is 11.0 Å². The number of hydrogen-bond acceptors (Lipinski definition) is 3. The van der Waals surface area contributed by atoms with Gasteiger partial charge in [-0.25, -0.2) is 4.98 Å². The molecule has 4 heteroatoms. The van der Waals surface area contributed by atoms with Crippen molar-refractivity contribution in [3.63, 3.8) is 0 Å². The Bertz CT molecular complexity index is 607. The molecule has 0 amide bonds. The standard InChI is InChI=1S/C12H8N2OS/c15-11(10-6-3-7-16-10)12-13-8-4-1-2-5-9(8)14-12/h1-7H,(H,13,14). The van der Waals surface area contributed by atoms with Crippen LogP contribution in [0.2, 0.25) is 0 Å². The van der Waals surface area contributed by atoms with Crippen LogP contribution in [0.3, 0.4) is 0 Å². The average Bonchev–Trinajstić information content (AvgIpc) is 2.97. The summed E-state index contributed by atoms with van der Waals surface area (Å²) < 4.78 is 0. The molecule has 16 heavy (non-hydrogen) atoms. The highest BCUT2D eigenvalue weighted by Crippen LogP contribution is 2.16. The maximum atomic E-state index is 12.0. The van der Waals surface area contributed by atoms with Crippen LogP contribution in [0, 0.1) is 0 Å². The van der Waals surface area contributed by atoms with Crippen LogP contribution in [-0.4, -0.2) is 15.8 Å². The number of nitrogens with one attached hydrogen (secondary N) is 1. The number of nitrogens with zero attached hydrogens (tertiary/aromatic N) is 1. The third-order valence-corrected chi connectivity index (χ3v) is 3.22. The monoisotopic (exact) mass is 228 g/mol. The first-order valence-electron chi connectivity index (χ1n) is 4.87. The van der Waals surface area contributed by atoms with Gasteiger partial charge in [0, 0.05) is 0 Å². The molecule has 2 aromatic heterocycles. The van der Waals surface area contributed by atoms with E-state index < -0.39 is 0 Å². The number of H-pyrrole nitrogens is 1. The van der Waals surface area contributed by atoms with Crippen LogP contribution in [0.4, 0.5) is 0 Å². The molecule has 0 atom stereocenters. The Balaban J connectivity index is 2.10. The van der Waals surface area contributed by atoms with Crippen LogP contribution >= 0.6 is 11.3 Å². The van der Waals surface area contributed by atoms with Gasteiger partial charge in [-0.15, -0.1) is 11.3 Å². The second-order valence-electron chi connectivity index (χ2n) is 3.41. The number of aromatic nitrogens is 2. The molecule has 3 nitrogen and oxygen atoms in total. The van der Waals surface area contributed by atoms with E-state index >= 15 is 0 Å². The van der Waals surface area contributed by atoms with Gasteiger partial charge in [0.05, 0.1) is 15.9 Å². The summed E-state index contributed by atoms with van der Waals surface area (Å²) in [4.78, 5) is 20.0. The van der Waals surface area contributed by atoms with Crippen molar-refractivity contribution in [1.82, 2.24) is 9.97 Å². The molecule has 0 fully saturated rings. The maximum Gasteiger partial charge on any atom is 0.238 e. The molecule has 0 saturated carbocycles. The number of benzene rings is 1. The number of thiophene rings is 1. The smallest absolute Gasteiger partial charge is 0.238 e. The first-order valence-corrected chi connectivity index (χ1v) is 5.75. The van der Waals surface area contributed by atoms with Crippen molar-refractivity contribution in [2.75, 3.05) is 0 Å². The summed E-state index contributed by atoms with van der Waals surface area (Å²) in [6, 6.07) is 11.3. The minimum absolute atomic E-state index is 0.0498. The SMILES string of the molecule is O=C(c1nc2ccccc2[nH]1)c1cccs1. The predicted octanol–water partition coefficient (Wildman–Crippen LogP) is 2.86. The lowest BCUT2D eigenvalue weighted by Crippen LogP contribution is -2.00. The third kappa shape index (κ3) is 1.44. The summed E-state index contributed by atoms with van der Waals surface area (Å²) in [5, 5.41) is 1.88. The largest absolute Gasteiger partial charge is 0.335 e. The number of aromatic amines is 1. The molecule has 1 N–H and O–H groups in total. The number of ketones is 1. The number of carbonyl (C=O) groups is 1. The molecular formula is C12H8N2OS. The lowest BCUT2D eigenvalue weighted by atomic mass is 10.3.